The molecule has 0 unspecified atom stereocenters. The van der Waals surface area contributed by atoms with E-state index in [1.807, 2.05) is 36.4 Å². The third-order valence-electron chi connectivity index (χ3n) is 3.74. The van der Waals surface area contributed by atoms with Gasteiger partial charge in [-0.1, -0.05) is 59.6 Å². The first-order chi connectivity index (χ1) is 9.14. The molecule has 0 bridgehead atoms. The van der Waals surface area contributed by atoms with Crippen molar-refractivity contribution in [2.75, 3.05) is 0 Å². The summed E-state index contributed by atoms with van der Waals surface area (Å²) < 4.78 is 0. The van der Waals surface area contributed by atoms with E-state index in [2.05, 4.69) is 0 Å². The fourth-order valence-electron chi connectivity index (χ4n) is 2.63. The second kappa shape index (κ2) is 4.82. The van der Waals surface area contributed by atoms with E-state index in [9.17, 15) is 5.11 Å². The molecular weight excluding hydrogens is 279 g/mol. The van der Waals surface area contributed by atoms with Gasteiger partial charge >= 0.3 is 0 Å². The van der Waals surface area contributed by atoms with Gasteiger partial charge in [-0.2, -0.15) is 0 Å². The van der Waals surface area contributed by atoms with E-state index in [4.69, 9.17) is 23.2 Å². The standard InChI is InChI=1S/C16H14Cl2O/c17-14-7-3-1-5-12(14)16(19,11-9-10-11)13-6-2-4-8-15(13)18/h1-8,11,19H,9-10H2. The van der Waals surface area contributed by atoms with E-state index in [0.717, 1.165) is 24.0 Å². The molecule has 0 radical (unpaired) electrons. The smallest absolute Gasteiger partial charge is 0.120 e. The van der Waals surface area contributed by atoms with E-state index in [-0.39, 0.29) is 5.92 Å². The van der Waals surface area contributed by atoms with Crippen LogP contribution in [0.25, 0.3) is 0 Å². The van der Waals surface area contributed by atoms with Gasteiger partial charge in [0.05, 0.1) is 0 Å². The van der Waals surface area contributed by atoms with Crippen molar-refractivity contribution in [3.8, 4) is 0 Å². The van der Waals surface area contributed by atoms with Crippen molar-refractivity contribution in [2.45, 2.75) is 18.4 Å². The Hall–Kier alpha value is -1.02. The van der Waals surface area contributed by atoms with Crippen LogP contribution < -0.4 is 0 Å². The summed E-state index contributed by atoms with van der Waals surface area (Å²) in [6, 6.07) is 14.9. The number of halogens is 2. The molecule has 1 nitrogen and oxygen atoms in total. The lowest BCUT2D eigenvalue weighted by molar-refractivity contribution is 0.0566. The Bertz CT molecular complexity index is 560. The number of aliphatic hydroxyl groups is 1. The Labute approximate surface area is 122 Å². The van der Waals surface area contributed by atoms with Gasteiger partial charge < -0.3 is 5.11 Å². The van der Waals surface area contributed by atoms with E-state index < -0.39 is 5.60 Å². The number of hydrogen-bond donors (Lipinski definition) is 1. The second-order valence-corrected chi connectivity index (χ2v) is 5.81. The highest BCUT2D eigenvalue weighted by Crippen LogP contribution is 2.52. The van der Waals surface area contributed by atoms with Gasteiger partial charge in [0.2, 0.25) is 0 Å². The monoisotopic (exact) mass is 292 g/mol. The zero-order valence-corrected chi connectivity index (χ0v) is 11.8. The van der Waals surface area contributed by atoms with E-state index in [0.29, 0.717) is 10.0 Å². The third kappa shape index (κ3) is 2.16. The summed E-state index contributed by atoms with van der Waals surface area (Å²) in [7, 11) is 0. The maximum atomic E-state index is 11.3. The minimum absolute atomic E-state index is 0.187. The molecule has 2 aromatic rings. The molecule has 3 heteroatoms. The lowest BCUT2D eigenvalue weighted by Crippen LogP contribution is -2.30. The predicted molar refractivity (Wildman–Crippen MR) is 78.6 cm³/mol. The molecule has 0 aliphatic heterocycles. The Morgan fingerprint density at radius 3 is 1.63 bits per heavy atom. The van der Waals surface area contributed by atoms with Crippen LogP contribution in [0.1, 0.15) is 24.0 Å². The van der Waals surface area contributed by atoms with E-state index in [1.165, 1.54) is 0 Å². The molecule has 0 heterocycles. The minimum Gasteiger partial charge on any atom is -0.380 e. The van der Waals surface area contributed by atoms with Crippen LogP contribution >= 0.6 is 23.2 Å². The molecular formula is C16H14Cl2O. The summed E-state index contributed by atoms with van der Waals surface area (Å²) in [4.78, 5) is 0. The average molecular weight is 293 g/mol. The molecule has 1 fully saturated rings. The fraction of sp³-hybridized carbons (Fsp3) is 0.250. The molecule has 98 valence electrons. The van der Waals surface area contributed by atoms with Crippen molar-refractivity contribution in [3.05, 3.63) is 69.7 Å². The normalized spacial score (nSPS) is 15.5. The highest BCUT2D eigenvalue weighted by Gasteiger charge is 2.48. The van der Waals surface area contributed by atoms with Gasteiger partial charge in [-0.05, 0) is 30.9 Å². The van der Waals surface area contributed by atoms with Gasteiger partial charge in [0.15, 0.2) is 0 Å². The first-order valence-corrected chi connectivity index (χ1v) is 7.12. The Morgan fingerprint density at radius 1 is 0.842 bits per heavy atom. The zero-order chi connectivity index (χ0) is 13.5. The molecule has 1 aliphatic carbocycles. The molecule has 1 saturated carbocycles. The fourth-order valence-corrected chi connectivity index (χ4v) is 3.19. The maximum absolute atomic E-state index is 11.3. The van der Waals surface area contributed by atoms with Crippen molar-refractivity contribution < 1.29 is 5.11 Å². The van der Waals surface area contributed by atoms with Crippen molar-refractivity contribution in [1.29, 1.82) is 0 Å². The first kappa shape index (κ1) is 13.0. The lowest BCUT2D eigenvalue weighted by Gasteiger charge is -2.31. The minimum atomic E-state index is -1.09. The van der Waals surface area contributed by atoms with Crippen LogP contribution in [0, 0.1) is 5.92 Å². The summed E-state index contributed by atoms with van der Waals surface area (Å²) in [5.74, 6) is 0.187. The van der Waals surface area contributed by atoms with Gasteiger partial charge in [0.25, 0.3) is 0 Å². The van der Waals surface area contributed by atoms with Gasteiger partial charge in [0, 0.05) is 21.2 Å². The number of benzene rings is 2. The van der Waals surface area contributed by atoms with Crippen LogP contribution in [0.3, 0.4) is 0 Å². The summed E-state index contributed by atoms with van der Waals surface area (Å²) in [5, 5.41) is 12.4. The Kier molecular flexibility index (Phi) is 3.30. The summed E-state index contributed by atoms with van der Waals surface area (Å²) in [5.41, 5.74) is 0.399. The quantitative estimate of drug-likeness (QED) is 0.874. The largest absolute Gasteiger partial charge is 0.380 e. The van der Waals surface area contributed by atoms with Crippen LogP contribution in [0.5, 0.6) is 0 Å². The summed E-state index contributed by atoms with van der Waals surface area (Å²) in [6.07, 6.45) is 1.99. The predicted octanol–water partition coefficient (Wildman–Crippen LogP) is 4.64. The van der Waals surface area contributed by atoms with Crippen LogP contribution in [-0.4, -0.2) is 5.11 Å². The van der Waals surface area contributed by atoms with Gasteiger partial charge in [-0.3, -0.25) is 0 Å². The third-order valence-corrected chi connectivity index (χ3v) is 4.40. The lowest BCUT2D eigenvalue weighted by atomic mass is 9.82. The first-order valence-electron chi connectivity index (χ1n) is 6.36. The van der Waals surface area contributed by atoms with E-state index >= 15 is 0 Å². The van der Waals surface area contributed by atoms with Crippen LogP contribution in [0.2, 0.25) is 10.0 Å². The van der Waals surface area contributed by atoms with Crippen LogP contribution in [0.15, 0.2) is 48.5 Å². The molecule has 0 saturated heterocycles. The molecule has 0 aromatic heterocycles. The number of hydrogen-bond acceptors (Lipinski definition) is 1. The second-order valence-electron chi connectivity index (χ2n) is 5.00. The Morgan fingerprint density at radius 2 is 1.26 bits per heavy atom. The SMILES string of the molecule is OC(c1ccccc1Cl)(c1ccccc1Cl)C1CC1. The van der Waals surface area contributed by atoms with Crippen LogP contribution in [-0.2, 0) is 5.60 Å². The molecule has 0 spiro atoms. The van der Waals surface area contributed by atoms with Gasteiger partial charge in [0.1, 0.15) is 5.60 Å². The highest BCUT2D eigenvalue weighted by molar-refractivity contribution is 6.32. The molecule has 1 N–H and O–H groups in total. The van der Waals surface area contributed by atoms with Gasteiger partial charge in [-0.25, -0.2) is 0 Å². The van der Waals surface area contributed by atoms with Crippen molar-refractivity contribution in [2.24, 2.45) is 5.92 Å². The maximum Gasteiger partial charge on any atom is 0.120 e. The molecule has 19 heavy (non-hydrogen) atoms. The Balaban J connectivity index is 2.21. The topological polar surface area (TPSA) is 20.2 Å². The highest BCUT2D eigenvalue weighted by atomic mass is 35.5. The molecule has 3 rings (SSSR count). The molecule has 0 amide bonds. The summed E-state index contributed by atoms with van der Waals surface area (Å²) >= 11 is 12.6. The molecule has 2 aromatic carbocycles. The van der Waals surface area contributed by atoms with Crippen molar-refractivity contribution >= 4 is 23.2 Å². The summed E-state index contributed by atoms with van der Waals surface area (Å²) in [6.45, 7) is 0. The van der Waals surface area contributed by atoms with Gasteiger partial charge in [-0.15, -0.1) is 0 Å². The molecule has 0 atom stereocenters. The number of rotatable bonds is 3. The van der Waals surface area contributed by atoms with Crippen molar-refractivity contribution in [1.82, 2.24) is 0 Å². The van der Waals surface area contributed by atoms with Crippen molar-refractivity contribution in [3.63, 3.8) is 0 Å². The zero-order valence-electron chi connectivity index (χ0n) is 10.3. The average Bonchev–Trinajstić information content (AvgIpc) is 3.23. The molecule has 1 aliphatic rings. The van der Waals surface area contributed by atoms with Crippen LogP contribution in [0.4, 0.5) is 0 Å². The van der Waals surface area contributed by atoms with E-state index in [1.54, 1.807) is 12.1 Å².